The van der Waals surface area contributed by atoms with Crippen molar-refractivity contribution in [3.05, 3.63) is 12.2 Å². The number of unbranched alkanes of at least 4 members (excludes halogenated alkanes) is 71. The number of carboxylic acids is 1. The van der Waals surface area contributed by atoms with Gasteiger partial charge in [-0.25, -0.2) is 4.79 Å². The molecule has 0 spiro atoms. The van der Waals surface area contributed by atoms with Gasteiger partial charge in [-0.1, -0.05) is 463 Å². The van der Waals surface area contributed by atoms with Crippen LogP contribution in [0.3, 0.4) is 0 Å². The quantitative estimate of drug-likeness (QED) is 0.0211. The summed E-state index contributed by atoms with van der Waals surface area (Å²) in [4.78, 5) is 37.8. The molecule has 0 heterocycles. The number of ether oxygens (including phenoxy) is 4. The molecule has 0 aromatic rings. The number of aliphatic carboxylic acids is 1. The Morgan fingerprint density at radius 2 is 0.505 bits per heavy atom. The zero-order valence-corrected chi connectivity index (χ0v) is 69.1. The third-order valence-electron chi connectivity index (χ3n) is 21.5. The van der Waals surface area contributed by atoms with Crippen LogP contribution < -0.4 is 0 Å². The predicted octanol–water partition coefficient (Wildman–Crippen LogP) is 29.8. The zero-order valence-electron chi connectivity index (χ0n) is 69.1. The van der Waals surface area contributed by atoms with Crippen molar-refractivity contribution in [2.45, 2.75) is 514 Å². The van der Waals surface area contributed by atoms with Crippen LogP contribution in [-0.2, 0) is 33.3 Å². The lowest BCUT2D eigenvalue weighted by atomic mass is 10.0. The van der Waals surface area contributed by atoms with Crippen molar-refractivity contribution in [2.75, 3.05) is 47.5 Å². The molecule has 9 nitrogen and oxygen atoms in total. The standard InChI is InChI=1S/C92H179NO8/c1-6-8-10-12-14-16-18-20-22-24-26-28-30-32-34-36-38-40-42-44-45-47-48-50-52-54-56-58-60-62-64-66-68-70-72-74-76-78-80-82-89(94)99-86-88(87-100-92(91(96)97)98-85-84-93(3,4)5)101-90(95)83-81-79-77-75-73-71-69-67-65-63-61-59-57-55-53-51-49-46-43-41-39-37-35-33-31-29-27-25-23-21-19-17-15-13-11-9-7-2/h25,27,88,92H,6-24,26,28-87H2,1-5H3/p+1/b27-25-. The number of rotatable bonds is 88. The highest BCUT2D eigenvalue weighted by Gasteiger charge is 2.25. The average molecular weight is 1430 g/mol. The molecule has 0 aliphatic rings. The summed E-state index contributed by atoms with van der Waals surface area (Å²) in [6.07, 6.45) is 104. The maximum atomic E-state index is 13.0. The van der Waals surface area contributed by atoms with E-state index in [9.17, 15) is 19.5 Å². The van der Waals surface area contributed by atoms with E-state index in [1.54, 1.807) is 0 Å². The van der Waals surface area contributed by atoms with E-state index < -0.39 is 18.4 Å². The van der Waals surface area contributed by atoms with E-state index in [4.69, 9.17) is 18.9 Å². The fraction of sp³-hybridized carbons (Fsp3) is 0.946. The highest BCUT2D eigenvalue weighted by atomic mass is 16.7. The summed E-state index contributed by atoms with van der Waals surface area (Å²) in [7, 11) is 6.01. The molecule has 101 heavy (non-hydrogen) atoms. The largest absolute Gasteiger partial charge is 0.477 e. The van der Waals surface area contributed by atoms with Gasteiger partial charge in [0.25, 0.3) is 6.29 Å². The molecule has 0 aromatic carbocycles. The van der Waals surface area contributed by atoms with Gasteiger partial charge in [0.15, 0.2) is 6.10 Å². The van der Waals surface area contributed by atoms with Crippen LogP contribution in [-0.4, -0.2) is 87.4 Å². The van der Waals surface area contributed by atoms with Crippen molar-refractivity contribution in [2.24, 2.45) is 0 Å². The molecule has 0 aliphatic heterocycles. The second-order valence-electron chi connectivity index (χ2n) is 33.0. The lowest BCUT2D eigenvalue weighted by molar-refractivity contribution is -0.870. The number of quaternary nitrogens is 1. The molecule has 0 rings (SSSR count). The van der Waals surface area contributed by atoms with Crippen molar-refractivity contribution in [3.63, 3.8) is 0 Å². The Kier molecular flexibility index (Phi) is 82.0. The van der Waals surface area contributed by atoms with Gasteiger partial charge in [0.1, 0.15) is 13.2 Å². The lowest BCUT2D eigenvalue weighted by Crippen LogP contribution is -2.40. The molecule has 0 amide bonds. The first-order chi connectivity index (χ1) is 49.6. The van der Waals surface area contributed by atoms with E-state index in [0.717, 1.165) is 38.5 Å². The molecule has 600 valence electrons. The minimum absolute atomic E-state index is 0.172. The van der Waals surface area contributed by atoms with Crippen LogP contribution in [0.25, 0.3) is 0 Å². The Labute approximate surface area is 631 Å². The van der Waals surface area contributed by atoms with Crippen LogP contribution >= 0.6 is 0 Å². The summed E-state index contributed by atoms with van der Waals surface area (Å²) in [5.74, 6) is -1.96. The number of carbonyl (C=O) groups is 3. The van der Waals surface area contributed by atoms with E-state index in [1.165, 1.54) is 437 Å². The van der Waals surface area contributed by atoms with Crippen LogP contribution in [0.5, 0.6) is 0 Å². The monoisotopic (exact) mass is 1430 g/mol. The minimum atomic E-state index is -1.51. The van der Waals surface area contributed by atoms with Crippen LogP contribution in [0.15, 0.2) is 12.2 Å². The van der Waals surface area contributed by atoms with E-state index in [0.29, 0.717) is 17.4 Å². The van der Waals surface area contributed by atoms with Crippen LogP contribution in [0.2, 0.25) is 0 Å². The van der Waals surface area contributed by atoms with Gasteiger partial charge in [-0.3, -0.25) is 9.59 Å². The van der Waals surface area contributed by atoms with Crippen molar-refractivity contribution in [3.8, 4) is 0 Å². The molecule has 9 heteroatoms. The van der Waals surface area contributed by atoms with Gasteiger partial charge in [0.05, 0.1) is 34.4 Å². The Balaban J connectivity index is 3.87. The van der Waals surface area contributed by atoms with Gasteiger partial charge in [-0.05, 0) is 38.5 Å². The van der Waals surface area contributed by atoms with Gasteiger partial charge in [-0.15, -0.1) is 0 Å². The maximum absolute atomic E-state index is 13.0. The number of nitrogens with zero attached hydrogens (tertiary/aromatic N) is 1. The molecule has 0 fully saturated rings. The molecule has 0 bridgehead atoms. The molecule has 2 atom stereocenters. The van der Waals surface area contributed by atoms with Crippen molar-refractivity contribution in [1.82, 2.24) is 0 Å². The highest BCUT2D eigenvalue weighted by Crippen LogP contribution is 2.22. The van der Waals surface area contributed by atoms with E-state index in [2.05, 4.69) is 26.0 Å². The normalized spacial score (nSPS) is 12.5. The molecule has 0 aliphatic carbocycles. The smallest absolute Gasteiger partial charge is 0.361 e. The van der Waals surface area contributed by atoms with Crippen molar-refractivity contribution < 1.29 is 42.9 Å². The summed E-state index contributed by atoms with van der Waals surface area (Å²) in [5.41, 5.74) is 0. The number of allylic oxidation sites excluding steroid dienone is 2. The summed E-state index contributed by atoms with van der Waals surface area (Å²) in [5, 5.41) is 9.80. The number of hydrogen-bond acceptors (Lipinski definition) is 7. The van der Waals surface area contributed by atoms with Crippen LogP contribution in [0, 0.1) is 0 Å². The second-order valence-corrected chi connectivity index (χ2v) is 33.0. The first kappa shape index (κ1) is 99.0. The summed E-state index contributed by atoms with van der Waals surface area (Å²) >= 11 is 0. The third-order valence-corrected chi connectivity index (χ3v) is 21.5. The Hall–Kier alpha value is -1.97. The second kappa shape index (κ2) is 83.7. The molecule has 0 saturated heterocycles. The predicted molar refractivity (Wildman–Crippen MR) is 438 cm³/mol. The highest BCUT2D eigenvalue weighted by molar-refractivity contribution is 5.71. The van der Waals surface area contributed by atoms with Gasteiger partial charge < -0.3 is 28.5 Å². The Morgan fingerprint density at radius 3 is 0.733 bits per heavy atom. The zero-order chi connectivity index (χ0) is 73.2. The molecule has 2 unspecified atom stereocenters. The Morgan fingerprint density at radius 1 is 0.287 bits per heavy atom. The number of esters is 2. The fourth-order valence-electron chi connectivity index (χ4n) is 14.6. The summed E-state index contributed by atoms with van der Waals surface area (Å²) in [6, 6.07) is 0. The first-order valence-corrected chi connectivity index (χ1v) is 45.9. The number of likely N-dealkylation sites (N-methyl/N-ethyl adjacent to an activating group) is 1. The van der Waals surface area contributed by atoms with Gasteiger partial charge in [-0.2, -0.15) is 0 Å². The van der Waals surface area contributed by atoms with Crippen molar-refractivity contribution in [1.29, 1.82) is 0 Å². The molecule has 0 aromatic heterocycles. The van der Waals surface area contributed by atoms with E-state index in [1.807, 2.05) is 21.1 Å². The van der Waals surface area contributed by atoms with Gasteiger partial charge in [0, 0.05) is 12.8 Å². The summed E-state index contributed by atoms with van der Waals surface area (Å²) < 4.78 is 23.1. The van der Waals surface area contributed by atoms with Crippen LogP contribution in [0.1, 0.15) is 502 Å². The third kappa shape index (κ3) is 85.2. The van der Waals surface area contributed by atoms with E-state index >= 15 is 0 Å². The molecule has 0 radical (unpaired) electrons. The summed E-state index contributed by atoms with van der Waals surface area (Å²) in [6.45, 7) is 4.99. The molecular formula is C92H180NO8+. The lowest BCUT2D eigenvalue weighted by Gasteiger charge is -2.25. The van der Waals surface area contributed by atoms with Crippen molar-refractivity contribution >= 4 is 17.9 Å². The van der Waals surface area contributed by atoms with Gasteiger partial charge >= 0.3 is 17.9 Å². The van der Waals surface area contributed by atoms with E-state index in [-0.39, 0.29) is 38.2 Å². The minimum Gasteiger partial charge on any atom is -0.477 e. The average Bonchev–Trinajstić information content (AvgIpc) is 1.25. The SMILES string of the molecule is CCCCCCCCCC/C=C\CCCCCCCCCCCCCCCCCCCCCCCCCCCC(=O)OC(COC(=O)CCCCCCCCCCCCCCCCCCCCCCCCCCCCCCCCCCCCCCCCC)COC(OCC[N+](C)(C)C)C(=O)O. The first-order valence-electron chi connectivity index (χ1n) is 45.9. The van der Waals surface area contributed by atoms with Gasteiger partial charge in [0.2, 0.25) is 0 Å². The molecule has 1 N–H and O–H groups in total. The maximum Gasteiger partial charge on any atom is 0.361 e. The Bertz CT molecular complexity index is 1660. The van der Waals surface area contributed by atoms with Crippen LogP contribution in [0.4, 0.5) is 0 Å². The molecule has 0 saturated carbocycles. The topological polar surface area (TPSA) is 108 Å². The molecular weight excluding hydrogens is 1250 g/mol. The fourth-order valence-corrected chi connectivity index (χ4v) is 14.6. The number of hydrogen-bond donors (Lipinski definition) is 1. The number of carboxylic acid groups (broad SMARTS) is 1. The number of carbonyl (C=O) groups excluding carboxylic acids is 2.